The first-order chi connectivity index (χ1) is 32.3. The maximum Gasteiger partial charge on any atom is 2.00 e. The van der Waals surface area contributed by atoms with Crippen molar-refractivity contribution in [1.82, 2.24) is 18.3 Å². The Labute approximate surface area is 455 Å². The molecule has 6 aromatic carbocycles. The summed E-state index contributed by atoms with van der Waals surface area (Å²) >= 11 is 3.08. The van der Waals surface area contributed by atoms with E-state index in [1.54, 1.807) is 0 Å². The van der Waals surface area contributed by atoms with Crippen LogP contribution in [0.4, 0.5) is 11.4 Å². The van der Waals surface area contributed by atoms with Crippen LogP contribution in [-0.2, 0) is 45.7 Å². The van der Waals surface area contributed by atoms with Gasteiger partial charge in [0.25, 0.3) is 0 Å². The third-order valence-corrected chi connectivity index (χ3v) is 13.5. The zero-order chi connectivity index (χ0) is 45.6. The van der Waals surface area contributed by atoms with Crippen LogP contribution in [0, 0.1) is 10.8 Å². The number of benzene rings is 6. The minimum atomic E-state index is -0.585. The number of hydrogen-bond acceptors (Lipinski definition) is 8. The van der Waals surface area contributed by atoms with Crippen LogP contribution in [0.5, 0.6) is 0 Å². The van der Waals surface area contributed by atoms with Gasteiger partial charge in [-0.05, 0) is 84.7 Å². The first-order valence-corrected chi connectivity index (χ1v) is 23.5. The summed E-state index contributed by atoms with van der Waals surface area (Å²) in [5.74, 6) is -1.17. The van der Waals surface area contributed by atoms with Crippen LogP contribution >= 0.6 is 47.5 Å². The smallest absolute Gasteiger partial charge is 1.00 e. The average Bonchev–Trinajstić information content (AvgIpc) is 4.08. The van der Waals surface area contributed by atoms with Crippen LogP contribution < -0.4 is 44.6 Å². The minimum absolute atomic E-state index is 0. The van der Waals surface area contributed by atoms with Crippen molar-refractivity contribution in [2.45, 2.75) is 52.9 Å². The van der Waals surface area contributed by atoms with E-state index in [9.17, 15) is 10.2 Å². The molecular formula is C52H48Cl4N10O2S2Zn. The van der Waals surface area contributed by atoms with Crippen LogP contribution in [0.15, 0.2) is 168 Å². The van der Waals surface area contributed by atoms with Crippen LogP contribution in [0.2, 0.25) is 0 Å². The van der Waals surface area contributed by atoms with Crippen molar-refractivity contribution in [2.24, 2.45) is 10.2 Å². The molecular weight excluding hydrogens is 1070 g/mol. The number of aromatic nitrogens is 4. The third kappa shape index (κ3) is 12.2. The van der Waals surface area contributed by atoms with Gasteiger partial charge in [0.05, 0.1) is 44.9 Å². The summed E-state index contributed by atoms with van der Waals surface area (Å²) in [5.41, 5.74) is 10.2. The topological polar surface area (TPSA) is 166 Å². The number of nitrogens with one attached hydrogen (secondary N) is 2. The Bertz CT molecular complexity index is 3410. The minimum Gasteiger partial charge on any atom is -1.00 e. The fraction of sp³-hybridized carbons (Fsp3) is 0.154. The number of aryl methyl sites for hydroxylation is 4. The Morgan fingerprint density at radius 3 is 1.15 bits per heavy atom. The van der Waals surface area contributed by atoms with Gasteiger partial charge in [-0.25, -0.2) is 9.13 Å². The van der Waals surface area contributed by atoms with E-state index >= 15 is 0 Å². The van der Waals surface area contributed by atoms with E-state index in [0.717, 1.165) is 89.2 Å². The molecule has 0 bridgehead atoms. The second-order valence-electron chi connectivity index (χ2n) is 15.4. The van der Waals surface area contributed by atoms with Gasteiger partial charge in [-0.3, -0.25) is 0 Å². The van der Waals surface area contributed by atoms with E-state index in [1.807, 2.05) is 118 Å². The fourth-order valence-electron chi connectivity index (χ4n) is 8.45. The molecule has 10 aromatic rings. The van der Waals surface area contributed by atoms with E-state index in [1.165, 1.54) is 22.7 Å². The predicted octanol–water partition coefficient (Wildman–Crippen LogP) is 4.78. The normalized spacial score (nSPS) is 10.3. The maximum absolute atomic E-state index is 11.3. The molecule has 0 saturated carbocycles. The molecule has 71 heavy (non-hydrogen) atoms. The summed E-state index contributed by atoms with van der Waals surface area (Å²) in [6, 6.07) is 53.1. The van der Waals surface area contributed by atoms with Crippen molar-refractivity contribution in [3.05, 3.63) is 167 Å². The van der Waals surface area contributed by atoms with Gasteiger partial charge in [0.1, 0.15) is 11.0 Å². The van der Waals surface area contributed by atoms with E-state index in [-0.39, 0.29) is 81.9 Å². The van der Waals surface area contributed by atoms with E-state index < -0.39 is 11.8 Å². The Morgan fingerprint density at radius 1 is 0.479 bits per heavy atom. The average molecular weight is 1120 g/mol. The van der Waals surface area contributed by atoms with E-state index in [0.29, 0.717) is 22.7 Å². The van der Waals surface area contributed by atoms with Gasteiger partial charge in [-0.1, -0.05) is 131 Å². The molecule has 360 valence electrons. The number of hydrogen-bond donors (Lipinski definition) is 2. The van der Waals surface area contributed by atoms with Crippen molar-refractivity contribution >= 4 is 113 Å². The van der Waals surface area contributed by atoms with Crippen molar-refractivity contribution in [2.75, 3.05) is 0 Å². The van der Waals surface area contributed by atoms with Crippen LogP contribution in [-0.4, -0.2) is 39.6 Å². The molecule has 0 unspecified atom stereocenters. The van der Waals surface area contributed by atoms with Crippen molar-refractivity contribution in [3.63, 3.8) is 0 Å². The van der Waals surface area contributed by atoms with Gasteiger partial charge in [0.15, 0.2) is 11.4 Å². The molecule has 0 radical (unpaired) electrons. The fourth-order valence-corrected chi connectivity index (χ4v) is 10.5. The number of para-hydroxylation sites is 4. The molecule has 0 spiro atoms. The molecule has 4 aromatic heterocycles. The molecule has 12 nitrogen and oxygen atoms in total. The molecule has 10 rings (SSSR count). The molecule has 0 amide bonds. The molecule has 4 heterocycles. The second kappa shape index (κ2) is 26.4. The van der Waals surface area contributed by atoms with Crippen molar-refractivity contribution in [1.29, 1.82) is 10.8 Å². The van der Waals surface area contributed by atoms with Gasteiger partial charge < -0.3 is 55.0 Å². The number of thiazole rings is 2. The van der Waals surface area contributed by atoms with Crippen LogP contribution in [0.25, 0.3) is 64.8 Å². The summed E-state index contributed by atoms with van der Waals surface area (Å²) in [5, 5.41) is 49.0. The number of rotatable bonds is 12. The zero-order valence-electron chi connectivity index (χ0n) is 38.7. The van der Waals surface area contributed by atoms with Crippen molar-refractivity contribution in [3.8, 4) is 22.5 Å². The number of fused-ring (bicyclic) bond motifs is 4. The standard InChI is InChI=1S/2C26H23N5OS.4ClH.Zn/c2*1-2-30-20-13-7-6-12-19(20)24(25(30)18-10-4-3-5-11-18)28-29-26-31(17-16-23(27)32)21-14-8-9-15-22(21)33-26;;;;;/h2*3-15H,2,16-17H2,1H3,(H-,27,32);4*1H;/q;;;;;;+2/p-2. The summed E-state index contributed by atoms with van der Waals surface area (Å²) in [6.07, 6.45) is 0.274. The van der Waals surface area contributed by atoms with E-state index in [2.05, 4.69) is 71.5 Å². The second-order valence-corrected chi connectivity index (χ2v) is 17.4. The summed E-state index contributed by atoms with van der Waals surface area (Å²) < 4.78 is 10.7. The summed E-state index contributed by atoms with van der Waals surface area (Å²) in [4.78, 5) is 10.8. The molecule has 0 aliphatic carbocycles. The van der Waals surface area contributed by atoms with Crippen molar-refractivity contribution < 1.29 is 64.1 Å². The first-order valence-electron chi connectivity index (χ1n) is 21.8. The van der Waals surface area contributed by atoms with Crippen LogP contribution in [0.3, 0.4) is 0 Å². The molecule has 0 atom stereocenters. The molecule has 2 N–H and O–H groups in total. The van der Waals surface area contributed by atoms with Gasteiger partial charge in [-0.2, -0.15) is 0 Å². The molecule has 0 saturated heterocycles. The Morgan fingerprint density at radius 2 is 0.803 bits per heavy atom. The predicted molar refractivity (Wildman–Crippen MR) is 276 cm³/mol. The molecule has 19 heteroatoms. The number of halogens is 4. The molecule has 0 fully saturated rings. The Balaban J connectivity index is 0.000000288. The molecule has 0 aliphatic rings. The third-order valence-electron chi connectivity index (χ3n) is 11.4. The molecule has 0 aliphatic heterocycles. The largest absolute Gasteiger partial charge is 2.00 e. The van der Waals surface area contributed by atoms with Gasteiger partial charge >= 0.3 is 29.1 Å². The zero-order valence-corrected chi connectivity index (χ0v) is 46.5. The van der Waals surface area contributed by atoms with E-state index in [4.69, 9.17) is 30.6 Å². The van der Waals surface area contributed by atoms with Gasteiger partial charge in [0.2, 0.25) is 0 Å². The first kappa shape index (κ1) is 57.5. The quantitative estimate of drug-likeness (QED) is 0.0592. The monoisotopic (exact) mass is 1110 g/mol. The van der Waals surface area contributed by atoms with Gasteiger partial charge in [-0.15, -0.1) is 24.8 Å². The Hall–Kier alpha value is -6.08. The summed E-state index contributed by atoms with van der Waals surface area (Å²) in [6.45, 7) is 6.71. The SMILES string of the molecule is CCn1c(-c2ccccc2)c(N=[N+]=c2sc3ccccc3n2CCC(=N)[O-])c2ccccc21.CCn1c(-c2ccccc2)c(N=[N+]=c2sc3ccccc3n2CCC(=N)[O-])c2ccccc21.Cl.Cl.[Cl-].[Cl-].[Zn+2]. The van der Waals surface area contributed by atoms with Crippen LogP contribution in [0.1, 0.15) is 26.7 Å². The number of nitrogens with zero attached hydrogens (tertiary/aromatic N) is 8. The maximum atomic E-state index is 11.3. The Kier molecular flexibility index (Phi) is 21.4. The summed E-state index contributed by atoms with van der Waals surface area (Å²) in [7, 11) is 0. The van der Waals surface area contributed by atoms with Gasteiger partial charge in [0, 0.05) is 58.1 Å².